The Morgan fingerprint density at radius 1 is 0.917 bits per heavy atom. The zero-order valence-corrected chi connectivity index (χ0v) is 13.5. The lowest BCUT2D eigenvalue weighted by Crippen LogP contribution is -1.90. The molecule has 2 aromatic carbocycles. The van der Waals surface area contributed by atoms with Crippen molar-refractivity contribution in [3.8, 4) is 17.1 Å². The predicted octanol–water partition coefficient (Wildman–Crippen LogP) is 4.77. The Kier molecular flexibility index (Phi) is 3.89. The summed E-state index contributed by atoms with van der Waals surface area (Å²) in [5.41, 5.74) is 3.10. The van der Waals surface area contributed by atoms with Gasteiger partial charge in [-0.15, -0.1) is 0 Å². The van der Waals surface area contributed by atoms with Gasteiger partial charge in [0.25, 0.3) is 0 Å². The fraction of sp³-hybridized carbons (Fsp3) is 0.0526. The van der Waals surface area contributed by atoms with Crippen molar-refractivity contribution in [2.45, 2.75) is 6.42 Å². The third kappa shape index (κ3) is 3.09. The van der Waals surface area contributed by atoms with Gasteiger partial charge >= 0.3 is 0 Å². The smallest absolute Gasteiger partial charge is 0.231 e. The molecule has 2 aromatic heterocycles. The number of hydrogen-bond donors (Lipinski definition) is 0. The van der Waals surface area contributed by atoms with Crippen LogP contribution in [0, 0.1) is 0 Å². The van der Waals surface area contributed by atoms with Gasteiger partial charge in [-0.2, -0.15) is 4.98 Å². The minimum Gasteiger partial charge on any atom is -0.339 e. The third-order valence-electron chi connectivity index (χ3n) is 3.76. The Bertz CT molecular complexity index is 926. The number of rotatable bonds is 4. The van der Waals surface area contributed by atoms with E-state index in [1.165, 1.54) is 0 Å². The number of halogens is 1. The molecule has 0 atom stereocenters. The van der Waals surface area contributed by atoms with E-state index in [9.17, 15) is 0 Å². The van der Waals surface area contributed by atoms with Crippen LogP contribution in [0.2, 0.25) is 5.02 Å². The van der Waals surface area contributed by atoms with Crippen LogP contribution in [0.1, 0.15) is 11.5 Å². The summed E-state index contributed by atoms with van der Waals surface area (Å²) in [4.78, 5) is 4.47. The first-order valence-corrected chi connectivity index (χ1v) is 7.96. The van der Waals surface area contributed by atoms with E-state index in [1.54, 1.807) is 0 Å². The van der Waals surface area contributed by atoms with Gasteiger partial charge in [-0.05, 0) is 54.1 Å². The molecule has 0 unspecified atom stereocenters. The van der Waals surface area contributed by atoms with Crippen molar-refractivity contribution < 1.29 is 4.52 Å². The fourth-order valence-electron chi connectivity index (χ4n) is 2.51. The third-order valence-corrected chi connectivity index (χ3v) is 4.02. The largest absolute Gasteiger partial charge is 0.339 e. The maximum atomic E-state index is 5.90. The SMILES string of the molecule is Clc1ccc(Cc2nc(-c3ccc(-n4cccc4)cc3)no2)cc1. The van der Waals surface area contributed by atoms with Gasteiger partial charge < -0.3 is 9.09 Å². The Balaban J connectivity index is 1.53. The summed E-state index contributed by atoms with van der Waals surface area (Å²) in [5.74, 6) is 1.18. The second kappa shape index (κ2) is 6.34. The van der Waals surface area contributed by atoms with Gasteiger partial charge in [-0.1, -0.05) is 28.9 Å². The molecular weight excluding hydrogens is 322 g/mol. The minimum absolute atomic E-state index is 0.585. The van der Waals surface area contributed by atoms with Crippen LogP contribution in [-0.2, 0) is 6.42 Å². The Labute approximate surface area is 144 Å². The van der Waals surface area contributed by atoms with Gasteiger partial charge in [0.2, 0.25) is 11.7 Å². The first-order valence-electron chi connectivity index (χ1n) is 7.59. The molecule has 0 amide bonds. The van der Waals surface area contributed by atoms with E-state index in [0.29, 0.717) is 23.2 Å². The second-order valence-corrected chi connectivity index (χ2v) is 5.89. The van der Waals surface area contributed by atoms with Gasteiger partial charge in [0.1, 0.15) is 0 Å². The molecule has 0 bridgehead atoms. The lowest BCUT2D eigenvalue weighted by Gasteiger charge is -2.02. The molecule has 0 radical (unpaired) electrons. The van der Waals surface area contributed by atoms with Crippen molar-refractivity contribution >= 4 is 11.6 Å². The van der Waals surface area contributed by atoms with Crippen LogP contribution in [0.15, 0.2) is 77.6 Å². The standard InChI is InChI=1S/C19H14ClN3O/c20-16-7-3-14(4-8-16)13-18-21-19(22-24-18)15-5-9-17(10-6-15)23-11-1-2-12-23/h1-12H,13H2. The number of hydrogen-bond acceptors (Lipinski definition) is 3. The van der Waals surface area contributed by atoms with Crippen LogP contribution in [0.25, 0.3) is 17.1 Å². The highest BCUT2D eigenvalue weighted by molar-refractivity contribution is 6.30. The van der Waals surface area contributed by atoms with Gasteiger partial charge in [0.05, 0.1) is 6.42 Å². The molecule has 0 spiro atoms. The van der Waals surface area contributed by atoms with Crippen LogP contribution in [0.5, 0.6) is 0 Å². The normalized spacial score (nSPS) is 10.9. The van der Waals surface area contributed by atoms with E-state index in [1.807, 2.05) is 77.6 Å². The van der Waals surface area contributed by atoms with E-state index >= 15 is 0 Å². The summed E-state index contributed by atoms with van der Waals surface area (Å²) in [6.07, 6.45) is 4.60. The number of nitrogens with zero attached hydrogens (tertiary/aromatic N) is 3. The van der Waals surface area contributed by atoms with Crippen molar-refractivity contribution in [2.24, 2.45) is 0 Å². The fourth-order valence-corrected chi connectivity index (χ4v) is 2.64. The van der Waals surface area contributed by atoms with Gasteiger partial charge in [-0.25, -0.2) is 0 Å². The number of aromatic nitrogens is 3. The van der Waals surface area contributed by atoms with E-state index < -0.39 is 0 Å². The highest BCUT2D eigenvalue weighted by Crippen LogP contribution is 2.20. The summed E-state index contributed by atoms with van der Waals surface area (Å²) in [5, 5.41) is 4.79. The van der Waals surface area contributed by atoms with Crippen molar-refractivity contribution in [1.29, 1.82) is 0 Å². The first kappa shape index (κ1) is 14.7. The average molecular weight is 336 g/mol. The second-order valence-electron chi connectivity index (χ2n) is 5.45. The molecule has 4 rings (SSSR count). The van der Waals surface area contributed by atoms with Gasteiger partial charge in [0, 0.05) is 28.7 Å². The van der Waals surface area contributed by atoms with E-state index in [4.69, 9.17) is 16.1 Å². The average Bonchev–Trinajstić information content (AvgIpc) is 3.29. The lowest BCUT2D eigenvalue weighted by molar-refractivity contribution is 0.385. The molecule has 24 heavy (non-hydrogen) atoms. The molecule has 0 aliphatic carbocycles. The molecule has 4 aromatic rings. The quantitative estimate of drug-likeness (QED) is 0.539. The minimum atomic E-state index is 0.585. The van der Waals surface area contributed by atoms with E-state index in [2.05, 4.69) is 10.1 Å². The van der Waals surface area contributed by atoms with Crippen LogP contribution in [-0.4, -0.2) is 14.7 Å². The first-order chi connectivity index (χ1) is 11.8. The van der Waals surface area contributed by atoms with Crippen LogP contribution < -0.4 is 0 Å². The molecule has 0 saturated carbocycles. The topological polar surface area (TPSA) is 43.9 Å². The molecular formula is C19H14ClN3O. The van der Waals surface area contributed by atoms with Crippen LogP contribution in [0.4, 0.5) is 0 Å². The Hall–Kier alpha value is -2.85. The summed E-state index contributed by atoms with van der Waals surface area (Å²) in [6.45, 7) is 0. The van der Waals surface area contributed by atoms with E-state index in [0.717, 1.165) is 16.8 Å². The molecule has 5 heteroatoms. The summed E-state index contributed by atoms with van der Waals surface area (Å²) < 4.78 is 7.40. The Morgan fingerprint density at radius 3 is 2.33 bits per heavy atom. The molecule has 4 nitrogen and oxygen atoms in total. The van der Waals surface area contributed by atoms with Crippen molar-refractivity contribution in [3.05, 3.63) is 89.5 Å². The summed E-state index contributed by atoms with van der Waals surface area (Å²) in [6, 6.07) is 19.7. The highest BCUT2D eigenvalue weighted by Gasteiger charge is 2.09. The van der Waals surface area contributed by atoms with Crippen LogP contribution in [0.3, 0.4) is 0 Å². The van der Waals surface area contributed by atoms with Crippen LogP contribution >= 0.6 is 11.6 Å². The van der Waals surface area contributed by atoms with Gasteiger partial charge in [-0.3, -0.25) is 0 Å². The molecule has 118 valence electrons. The molecule has 2 heterocycles. The maximum absolute atomic E-state index is 5.90. The summed E-state index contributed by atoms with van der Waals surface area (Å²) >= 11 is 5.90. The number of benzene rings is 2. The van der Waals surface area contributed by atoms with Crippen molar-refractivity contribution in [2.75, 3.05) is 0 Å². The molecule has 0 aliphatic heterocycles. The monoisotopic (exact) mass is 335 g/mol. The zero-order valence-electron chi connectivity index (χ0n) is 12.8. The molecule has 0 aliphatic rings. The molecule has 0 fully saturated rings. The molecule has 0 N–H and O–H groups in total. The Morgan fingerprint density at radius 2 is 1.62 bits per heavy atom. The summed E-state index contributed by atoms with van der Waals surface area (Å²) in [7, 11) is 0. The lowest BCUT2D eigenvalue weighted by atomic mass is 10.1. The maximum Gasteiger partial charge on any atom is 0.231 e. The molecule has 0 saturated heterocycles. The van der Waals surface area contributed by atoms with Crippen molar-refractivity contribution in [1.82, 2.24) is 14.7 Å². The highest BCUT2D eigenvalue weighted by atomic mass is 35.5. The zero-order chi connectivity index (χ0) is 16.4. The van der Waals surface area contributed by atoms with Gasteiger partial charge in [0.15, 0.2) is 0 Å². The van der Waals surface area contributed by atoms with E-state index in [-0.39, 0.29) is 0 Å². The predicted molar refractivity (Wildman–Crippen MR) is 93.3 cm³/mol. The van der Waals surface area contributed by atoms with Crippen molar-refractivity contribution in [3.63, 3.8) is 0 Å².